The Kier molecular flexibility index (Phi) is 6.27. The zero-order valence-corrected chi connectivity index (χ0v) is 13.4. The van der Waals surface area contributed by atoms with Crippen LogP contribution in [0, 0.1) is 12.8 Å². The molecule has 0 bridgehead atoms. The van der Waals surface area contributed by atoms with E-state index >= 15 is 0 Å². The maximum atomic E-state index is 12.0. The summed E-state index contributed by atoms with van der Waals surface area (Å²) in [5.41, 5.74) is 1.11. The zero-order valence-electron chi connectivity index (χ0n) is 12.6. The van der Waals surface area contributed by atoms with Crippen molar-refractivity contribution >= 4 is 23.6 Å². The number of carboxylic acid groups (broad SMARTS) is 1. The van der Waals surface area contributed by atoms with Gasteiger partial charge in [0.05, 0.1) is 12.4 Å². The number of thioether (sulfide) groups is 1. The normalized spacial score (nSPS) is 19.4. The van der Waals surface area contributed by atoms with Gasteiger partial charge in [0.25, 0.3) is 0 Å². The molecule has 1 amide bonds. The Morgan fingerprint density at radius 1 is 1.45 bits per heavy atom. The number of carbonyl (C=O) groups is 2. The number of ether oxygens (including phenoxy) is 1. The van der Waals surface area contributed by atoms with Gasteiger partial charge in [0.2, 0.25) is 5.91 Å². The molecule has 6 heteroatoms. The van der Waals surface area contributed by atoms with E-state index in [2.05, 4.69) is 5.32 Å². The molecule has 22 heavy (non-hydrogen) atoms. The fraction of sp³-hybridized carbons (Fsp3) is 0.500. The largest absolute Gasteiger partial charge is 0.480 e. The van der Waals surface area contributed by atoms with E-state index in [1.54, 1.807) is 0 Å². The van der Waals surface area contributed by atoms with Crippen LogP contribution < -0.4 is 5.32 Å². The van der Waals surface area contributed by atoms with Gasteiger partial charge in [-0.3, -0.25) is 4.79 Å². The first-order valence-corrected chi connectivity index (χ1v) is 8.35. The van der Waals surface area contributed by atoms with Crippen LogP contribution in [0.2, 0.25) is 0 Å². The average molecular weight is 323 g/mol. The molecule has 1 fully saturated rings. The van der Waals surface area contributed by atoms with Gasteiger partial charge in [0.1, 0.15) is 6.04 Å². The Bertz CT molecular complexity index is 529. The lowest BCUT2D eigenvalue weighted by atomic mass is 9.94. The third-order valence-corrected chi connectivity index (χ3v) is 4.88. The minimum atomic E-state index is -0.996. The predicted molar refractivity (Wildman–Crippen MR) is 85.0 cm³/mol. The molecule has 1 aliphatic rings. The van der Waals surface area contributed by atoms with E-state index in [0.29, 0.717) is 13.2 Å². The summed E-state index contributed by atoms with van der Waals surface area (Å²) in [5.74, 6) is -1.20. The molecule has 0 saturated carbocycles. The van der Waals surface area contributed by atoms with Crippen molar-refractivity contribution in [3.05, 3.63) is 29.8 Å². The molecule has 2 atom stereocenters. The van der Waals surface area contributed by atoms with Crippen LogP contribution in [0.5, 0.6) is 0 Å². The highest BCUT2D eigenvalue weighted by Gasteiger charge is 2.31. The van der Waals surface area contributed by atoms with Crippen molar-refractivity contribution in [3.63, 3.8) is 0 Å². The number of hydrogen-bond acceptors (Lipinski definition) is 4. The molecule has 1 aromatic rings. The third kappa shape index (κ3) is 4.74. The van der Waals surface area contributed by atoms with Crippen molar-refractivity contribution in [2.24, 2.45) is 5.92 Å². The predicted octanol–water partition coefficient (Wildman–Crippen LogP) is 2.08. The number of carboxylic acids is 1. The highest BCUT2D eigenvalue weighted by atomic mass is 32.2. The highest BCUT2D eigenvalue weighted by molar-refractivity contribution is 8.00. The Hall–Kier alpha value is -1.53. The van der Waals surface area contributed by atoms with Gasteiger partial charge in [-0.25, -0.2) is 4.79 Å². The van der Waals surface area contributed by atoms with Crippen LogP contribution >= 0.6 is 11.8 Å². The first kappa shape index (κ1) is 16.8. The van der Waals surface area contributed by atoms with Crippen LogP contribution in [0.25, 0.3) is 0 Å². The van der Waals surface area contributed by atoms with Crippen LogP contribution in [0.1, 0.15) is 18.4 Å². The quantitative estimate of drug-likeness (QED) is 0.784. The van der Waals surface area contributed by atoms with Gasteiger partial charge in [-0.05, 0) is 31.4 Å². The van der Waals surface area contributed by atoms with Crippen LogP contribution in [0.4, 0.5) is 0 Å². The second-order valence-electron chi connectivity index (χ2n) is 5.41. The van der Waals surface area contributed by atoms with Crippen molar-refractivity contribution in [1.29, 1.82) is 0 Å². The van der Waals surface area contributed by atoms with Crippen molar-refractivity contribution in [2.45, 2.75) is 30.7 Å². The summed E-state index contributed by atoms with van der Waals surface area (Å²) in [5, 5.41) is 12.0. The van der Waals surface area contributed by atoms with Gasteiger partial charge in [0, 0.05) is 17.4 Å². The average Bonchev–Trinajstić information content (AvgIpc) is 2.52. The van der Waals surface area contributed by atoms with E-state index in [-0.39, 0.29) is 17.6 Å². The van der Waals surface area contributed by atoms with Crippen molar-refractivity contribution in [1.82, 2.24) is 5.32 Å². The molecular formula is C16H21NO4S. The van der Waals surface area contributed by atoms with Crippen LogP contribution in [-0.2, 0) is 14.3 Å². The zero-order chi connectivity index (χ0) is 15.9. The summed E-state index contributed by atoms with van der Waals surface area (Å²) in [4.78, 5) is 24.5. The maximum absolute atomic E-state index is 12.0. The molecule has 120 valence electrons. The summed E-state index contributed by atoms with van der Waals surface area (Å²) in [7, 11) is 0. The summed E-state index contributed by atoms with van der Waals surface area (Å²) in [6.07, 6.45) is 1.60. The second kappa shape index (κ2) is 8.19. The van der Waals surface area contributed by atoms with Crippen LogP contribution in [0.15, 0.2) is 29.2 Å². The molecular weight excluding hydrogens is 302 g/mol. The molecule has 1 aromatic carbocycles. The number of carbonyl (C=O) groups excluding carboxylic acids is 1. The number of aryl methyl sites for hydroxylation is 1. The van der Waals surface area contributed by atoms with Gasteiger partial charge in [0.15, 0.2) is 0 Å². The number of nitrogens with one attached hydrogen (secondary N) is 1. The SMILES string of the molecule is Cc1ccccc1SCC(=O)NC(C(=O)O)C1CCCOC1. The van der Waals surface area contributed by atoms with Crippen molar-refractivity contribution in [3.8, 4) is 0 Å². The lowest BCUT2D eigenvalue weighted by Gasteiger charge is -2.28. The number of hydrogen-bond donors (Lipinski definition) is 2. The van der Waals surface area contributed by atoms with Gasteiger partial charge >= 0.3 is 5.97 Å². The Labute approximate surface area is 134 Å². The van der Waals surface area contributed by atoms with E-state index in [4.69, 9.17) is 4.74 Å². The van der Waals surface area contributed by atoms with Crippen LogP contribution in [0.3, 0.4) is 0 Å². The Balaban J connectivity index is 1.88. The lowest BCUT2D eigenvalue weighted by Crippen LogP contribution is -2.48. The smallest absolute Gasteiger partial charge is 0.326 e. The van der Waals surface area contributed by atoms with E-state index in [1.165, 1.54) is 11.8 Å². The molecule has 1 aliphatic heterocycles. The fourth-order valence-electron chi connectivity index (χ4n) is 2.49. The Morgan fingerprint density at radius 3 is 2.86 bits per heavy atom. The number of amides is 1. The highest BCUT2D eigenvalue weighted by Crippen LogP contribution is 2.22. The monoisotopic (exact) mass is 323 g/mol. The van der Waals surface area contributed by atoms with E-state index in [0.717, 1.165) is 23.3 Å². The molecule has 1 heterocycles. The van der Waals surface area contributed by atoms with Gasteiger partial charge in [-0.15, -0.1) is 11.8 Å². The lowest BCUT2D eigenvalue weighted by molar-refractivity contribution is -0.144. The first-order valence-electron chi connectivity index (χ1n) is 7.36. The van der Waals surface area contributed by atoms with Gasteiger partial charge in [-0.2, -0.15) is 0 Å². The van der Waals surface area contributed by atoms with E-state index in [9.17, 15) is 14.7 Å². The van der Waals surface area contributed by atoms with Gasteiger partial charge < -0.3 is 15.2 Å². The standard InChI is InChI=1S/C16H21NO4S/c1-11-5-2-3-7-13(11)22-10-14(18)17-15(16(19)20)12-6-4-8-21-9-12/h2-3,5,7,12,15H,4,6,8-10H2,1H3,(H,17,18)(H,19,20). The molecule has 0 aliphatic carbocycles. The number of aliphatic carboxylic acids is 1. The Morgan fingerprint density at radius 2 is 2.23 bits per heavy atom. The first-order chi connectivity index (χ1) is 10.6. The maximum Gasteiger partial charge on any atom is 0.326 e. The number of benzene rings is 1. The molecule has 5 nitrogen and oxygen atoms in total. The molecule has 1 saturated heterocycles. The molecule has 2 unspecified atom stereocenters. The summed E-state index contributed by atoms with van der Waals surface area (Å²) in [6, 6.07) is 6.94. The van der Waals surface area contributed by atoms with E-state index in [1.807, 2.05) is 31.2 Å². The minimum Gasteiger partial charge on any atom is -0.480 e. The molecule has 2 N–H and O–H groups in total. The molecule has 0 aromatic heterocycles. The van der Waals surface area contributed by atoms with Crippen molar-refractivity contribution < 1.29 is 19.4 Å². The van der Waals surface area contributed by atoms with Gasteiger partial charge in [-0.1, -0.05) is 18.2 Å². The fourth-order valence-corrected chi connectivity index (χ4v) is 3.33. The topological polar surface area (TPSA) is 75.6 Å². The van der Waals surface area contributed by atoms with Crippen molar-refractivity contribution in [2.75, 3.05) is 19.0 Å². The summed E-state index contributed by atoms with van der Waals surface area (Å²) >= 11 is 1.42. The summed E-state index contributed by atoms with van der Waals surface area (Å²) < 4.78 is 5.32. The molecule has 0 radical (unpaired) electrons. The second-order valence-corrected chi connectivity index (χ2v) is 6.43. The molecule has 0 spiro atoms. The third-order valence-electron chi connectivity index (χ3n) is 3.70. The molecule has 2 rings (SSSR count). The summed E-state index contributed by atoms with van der Waals surface area (Å²) in [6.45, 7) is 3.04. The minimum absolute atomic E-state index is 0.154. The number of rotatable bonds is 6. The van der Waals surface area contributed by atoms with Crippen LogP contribution in [-0.4, -0.2) is 42.0 Å². The van der Waals surface area contributed by atoms with E-state index < -0.39 is 12.0 Å².